The molecule has 1 aliphatic heterocycles. The topological polar surface area (TPSA) is 116 Å². The van der Waals surface area contributed by atoms with Crippen LogP contribution in [0.5, 0.6) is 0 Å². The number of rotatable bonds is 6. The Balaban J connectivity index is 2.42. The van der Waals surface area contributed by atoms with E-state index in [-0.39, 0.29) is 24.0 Å². The van der Waals surface area contributed by atoms with Gasteiger partial charge in [-0.1, -0.05) is 0 Å². The molecule has 28 heavy (non-hydrogen) atoms. The van der Waals surface area contributed by atoms with E-state index in [1.54, 1.807) is 11.0 Å². The minimum Gasteiger partial charge on any atom is -0.460 e. The highest BCUT2D eigenvalue weighted by Gasteiger charge is 2.40. The van der Waals surface area contributed by atoms with Crippen LogP contribution < -0.4 is 10.6 Å². The summed E-state index contributed by atoms with van der Waals surface area (Å²) in [6.07, 6.45) is 1.98. The summed E-state index contributed by atoms with van der Waals surface area (Å²) in [5, 5.41) is 11.2. The van der Waals surface area contributed by atoms with Crippen molar-refractivity contribution in [2.45, 2.75) is 64.4 Å². The van der Waals surface area contributed by atoms with Crippen LogP contribution >= 0.6 is 0 Å². The molecule has 2 rings (SSSR count). The van der Waals surface area contributed by atoms with E-state index in [2.05, 4.69) is 0 Å². The second kappa shape index (κ2) is 8.26. The van der Waals surface area contributed by atoms with Gasteiger partial charge in [0, 0.05) is 37.4 Å². The van der Waals surface area contributed by atoms with Crippen LogP contribution in [0.1, 0.15) is 58.9 Å². The minimum absolute atomic E-state index is 0.0688. The second-order valence-corrected chi connectivity index (χ2v) is 8.28. The third-order valence-corrected chi connectivity index (χ3v) is 5.10. The first-order valence-corrected chi connectivity index (χ1v) is 9.48. The number of nitrogens with zero attached hydrogens (tertiary/aromatic N) is 2. The van der Waals surface area contributed by atoms with Crippen LogP contribution in [0.25, 0.3) is 0 Å². The van der Waals surface area contributed by atoms with Gasteiger partial charge in [0.05, 0.1) is 10.6 Å². The van der Waals surface area contributed by atoms with Crippen LogP contribution in [0.4, 0.5) is 11.4 Å². The summed E-state index contributed by atoms with van der Waals surface area (Å²) in [5.41, 5.74) is 6.18. The Kier molecular flexibility index (Phi) is 6.44. The smallest absolute Gasteiger partial charge is 0.306 e. The highest BCUT2D eigenvalue weighted by Crippen LogP contribution is 2.46. The van der Waals surface area contributed by atoms with E-state index in [4.69, 9.17) is 10.5 Å². The van der Waals surface area contributed by atoms with Gasteiger partial charge < -0.3 is 15.4 Å². The number of nitro groups is 1. The van der Waals surface area contributed by atoms with Crippen LogP contribution in [0.2, 0.25) is 0 Å². The number of ether oxygens (including phenoxy) is 1. The Labute approximate surface area is 165 Å². The maximum absolute atomic E-state index is 12.3. The molecular formula is C20H29N3O5. The molecule has 1 unspecified atom stereocenters. The number of non-ortho nitro benzene ring substituents is 1. The lowest BCUT2D eigenvalue weighted by atomic mass is 9.68. The first-order chi connectivity index (χ1) is 13.0. The highest BCUT2D eigenvalue weighted by atomic mass is 16.6. The molecule has 1 aromatic carbocycles. The molecule has 0 aromatic heterocycles. The SMILES string of the molecule is CC(=O)N1CCC(CCN)(CCC(=O)OC(C)(C)C)c2ccc([N+](=O)[O-])cc21. The molecule has 1 amide bonds. The van der Waals surface area contributed by atoms with Crippen molar-refractivity contribution >= 4 is 23.3 Å². The number of hydrogen-bond acceptors (Lipinski definition) is 6. The lowest BCUT2D eigenvalue weighted by Crippen LogP contribution is -2.44. The largest absolute Gasteiger partial charge is 0.460 e. The zero-order valence-electron chi connectivity index (χ0n) is 17.0. The Morgan fingerprint density at radius 1 is 1.32 bits per heavy atom. The molecular weight excluding hydrogens is 362 g/mol. The van der Waals surface area contributed by atoms with E-state index in [0.717, 1.165) is 5.56 Å². The van der Waals surface area contributed by atoms with Gasteiger partial charge in [-0.15, -0.1) is 0 Å². The molecule has 0 aliphatic carbocycles. The Bertz CT molecular complexity index is 772. The number of nitro benzene ring substituents is 1. The van der Waals surface area contributed by atoms with Gasteiger partial charge in [-0.05, 0) is 58.2 Å². The predicted molar refractivity (Wildman–Crippen MR) is 106 cm³/mol. The van der Waals surface area contributed by atoms with Crippen molar-refractivity contribution in [1.82, 2.24) is 0 Å². The molecule has 1 aromatic rings. The molecule has 0 saturated heterocycles. The fourth-order valence-corrected chi connectivity index (χ4v) is 3.87. The summed E-state index contributed by atoms with van der Waals surface area (Å²) in [6.45, 7) is 7.74. The zero-order valence-corrected chi connectivity index (χ0v) is 17.0. The number of carbonyl (C=O) groups excluding carboxylic acids is 2. The van der Waals surface area contributed by atoms with Crippen LogP contribution in [0.3, 0.4) is 0 Å². The first-order valence-electron chi connectivity index (χ1n) is 9.48. The first kappa shape index (κ1) is 21.8. The number of fused-ring (bicyclic) bond motifs is 1. The van der Waals surface area contributed by atoms with Crippen molar-refractivity contribution in [2.75, 3.05) is 18.0 Å². The number of hydrogen-bond donors (Lipinski definition) is 1. The van der Waals surface area contributed by atoms with Crippen molar-refractivity contribution in [1.29, 1.82) is 0 Å². The quantitative estimate of drug-likeness (QED) is 0.453. The third-order valence-electron chi connectivity index (χ3n) is 5.10. The van der Waals surface area contributed by atoms with Gasteiger partial charge in [-0.3, -0.25) is 19.7 Å². The number of benzene rings is 1. The van der Waals surface area contributed by atoms with Crippen LogP contribution in [-0.4, -0.2) is 35.5 Å². The van der Waals surface area contributed by atoms with Crippen molar-refractivity contribution in [3.63, 3.8) is 0 Å². The number of esters is 1. The van der Waals surface area contributed by atoms with Crippen molar-refractivity contribution in [2.24, 2.45) is 5.73 Å². The summed E-state index contributed by atoms with van der Waals surface area (Å²) in [5.74, 6) is -0.461. The number of nitrogens with two attached hydrogens (primary N) is 1. The fourth-order valence-electron chi connectivity index (χ4n) is 3.87. The van der Waals surface area contributed by atoms with E-state index in [0.29, 0.717) is 38.0 Å². The van der Waals surface area contributed by atoms with Gasteiger partial charge in [0.25, 0.3) is 5.69 Å². The summed E-state index contributed by atoms with van der Waals surface area (Å²) >= 11 is 0. The molecule has 2 N–H and O–H groups in total. The minimum atomic E-state index is -0.561. The Morgan fingerprint density at radius 2 is 2.00 bits per heavy atom. The van der Waals surface area contributed by atoms with Crippen LogP contribution in [0, 0.1) is 10.1 Å². The van der Waals surface area contributed by atoms with E-state index < -0.39 is 15.9 Å². The maximum Gasteiger partial charge on any atom is 0.306 e. The average Bonchev–Trinajstić information content (AvgIpc) is 2.58. The van der Waals surface area contributed by atoms with Crippen molar-refractivity contribution in [3.8, 4) is 0 Å². The third kappa shape index (κ3) is 4.86. The van der Waals surface area contributed by atoms with E-state index in [1.807, 2.05) is 20.8 Å². The Morgan fingerprint density at radius 3 is 2.54 bits per heavy atom. The average molecular weight is 391 g/mol. The standard InChI is InChI=1S/C20H29N3O5/c1-14(24)22-12-10-20(9-11-21,8-7-18(25)28-19(2,3)4)16-6-5-15(23(26)27)13-17(16)22/h5-6,13H,7-12,21H2,1-4H3. The van der Waals surface area contributed by atoms with E-state index in [9.17, 15) is 19.7 Å². The summed E-state index contributed by atoms with van der Waals surface area (Å²) in [6, 6.07) is 4.59. The van der Waals surface area contributed by atoms with Gasteiger partial charge in [0.1, 0.15) is 5.60 Å². The molecule has 0 radical (unpaired) electrons. The molecule has 1 heterocycles. The van der Waals surface area contributed by atoms with Gasteiger partial charge in [0.15, 0.2) is 0 Å². The number of carbonyl (C=O) groups is 2. The van der Waals surface area contributed by atoms with Gasteiger partial charge in [0.2, 0.25) is 5.91 Å². The molecule has 0 spiro atoms. The van der Waals surface area contributed by atoms with E-state index in [1.165, 1.54) is 19.1 Å². The lowest BCUT2D eigenvalue weighted by Gasteiger charge is -2.43. The summed E-state index contributed by atoms with van der Waals surface area (Å²) < 4.78 is 5.43. The molecule has 1 aliphatic rings. The van der Waals surface area contributed by atoms with Crippen molar-refractivity contribution in [3.05, 3.63) is 33.9 Å². The normalized spacial score (nSPS) is 19.1. The summed E-state index contributed by atoms with van der Waals surface area (Å²) in [4.78, 5) is 36.7. The monoisotopic (exact) mass is 391 g/mol. The van der Waals surface area contributed by atoms with E-state index >= 15 is 0 Å². The highest BCUT2D eigenvalue weighted by molar-refractivity contribution is 5.93. The molecule has 0 saturated carbocycles. The van der Waals surface area contributed by atoms with Gasteiger partial charge >= 0.3 is 5.97 Å². The van der Waals surface area contributed by atoms with Crippen LogP contribution in [0.15, 0.2) is 18.2 Å². The molecule has 8 heteroatoms. The van der Waals surface area contributed by atoms with Crippen molar-refractivity contribution < 1.29 is 19.2 Å². The molecule has 8 nitrogen and oxygen atoms in total. The predicted octanol–water partition coefficient (Wildman–Crippen LogP) is 3.06. The Hall–Kier alpha value is -2.48. The van der Waals surface area contributed by atoms with Crippen LogP contribution in [-0.2, 0) is 19.7 Å². The molecule has 0 fully saturated rings. The number of anilines is 1. The lowest BCUT2D eigenvalue weighted by molar-refractivity contribution is -0.384. The number of amides is 1. The molecule has 154 valence electrons. The van der Waals surface area contributed by atoms with Gasteiger partial charge in [-0.2, -0.15) is 0 Å². The fraction of sp³-hybridized carbons (Fsp3) is 0.600. The van der Waals surface area contributed by atoms with Gasteiger partial charge in [-0.25, -0.2) is 0 Å². The molecule has 1 atom stereocenters. The molecule has 0 bridgehead atoms. The summed E-state index contributed by atoms with van der Waals surface area (Å²) in [7, 11) is 0. The zero-order chi connectivity index (χ0) is 21.1. The second-order valence-electron chi connectivity index (χ2n) is 8.28. The maximum atomic E-state index is 12.3.